The first-order chi connectivity index (χ1) is 24.3. The third-order valence-electron chi connectivity index (χ3n) is 10.2. The third kappa shape index (κ3) is 7.09. The Kier molecular flexibility index (Phi) is 9.72. The fourth-order valence-electron chi connectivity index (χ4n) is 7.55. The summed E-state index contributed by atoms with van der Waals surface area (Å²) < 4.78 is 2.13. The second kappa shape index (κ2) is 14.0. The molecule has 0 atom stereocenters. The lowest BCUT2D eigenvalue weighted by Gasteiger charge is -2.26. The highest BCUT2D eigenvalue weighted by molar-refractivity contribution is 6.04. The highest BCUT2D eigenvalue weighted by atomic mass is 16.2. The van der Waals surface area contributed by atoms with Crippen LogP contribution in [-0.4, -0.2) is 35.2 Å². The van der Waals surface area contributed by atoms with Crippen LogP contribution in [0.1, 0.15) is 61.1 Å². The van der Waals surface area contributed by atoms with E-state index in [-0.39, 0.29) is 35.7 Å². The second-order valence-electron chi connectivity index (χ2n) is 14.9. The van der Waals surface area contributed by atoms with Gasteiger partial charge in [-0.1, -0.05) is 104 Å². The van der Waals surface area contributed by atoms with Gasteiger partial charge in [0.15, 0.2) is 5.71 Å². The smallest absolute Gasteiger partial charge is 0.290 e. The molecule has 0 aromatic heterocycles. The lowest BCUT2D eigenvalue weighted by atomic mass is 9.81. The summed E-state index contributed by atoms with van der Waals surface area (Å²) in [5.74, 6) is -0.129. The normalized spacial score (nSPS) is 16.6. The van der Waals surface area contributed by atoms with Crippen molar-refractivity contribution in [1.29, 1.82) is 0 Å². The zero-order valence-corrected chi connectivity index (χ0v) is 31.1. The quantitative estimate of drug-likeness (QED) is 0.137. The summed E-state index contributed by atoms with van der Waals surface area (Å²) in [6.45, 7) is 17.4. The zero-order chi connectivity index (χ0) is 36.5. The first-order valence-corrected chi connectivity index (χ1v) is 17.7. The fraction of sp³-hybridized carbons (Fsp3) is 0.267. The van der Waals surface area contributed by atoms with E-state index in [1.165, 1.54) is 11.1 Å². The fourth-order valence-corrected chi connectivity index (χ4v) is 7.55. The topological polar surface area (TPSA) is 64.5 Å². The van der Waals surface area contributed by atoms with Crippen LogP contribution in [0.5, 0.6) is 0 Å². The van der Waals surface area contributed by atoms with Crippen molar-refractivity contribution in [3.05, 3.63) is 154 Å². The Bertz CT molecular complexity index is 2150. The molecular weight excluding hydrogens is 629 g/mol. The zero-order valence-electron chi connectivity index (χ0n) is 31.1. The Balaban J connectivity index is 1.26. The largest absolute Gasteiger partial charge is 0.335 e. The minimum Gasteiger partial charge on any atom is -0.335 e. The second-order valence-corrected chi connectivity index (χ2v) is 14.9. The molecule has 2 aliphatic rings. The van der Waals surface area contributed by atoms with E-state index in [1.54, 1.807) is 0 Å². The van der Waals surface area contributed by atoms with Gasteiger partial charge in [0.1, 0.15) is 6.54 Å². The highest BCUT2D eigenvalue weighted by Crippen LogP contribution is 2.47. The van der Waals surface area contributed by atoms with Crippen LogP contribution in [0.3, 0.4) is 0 Å². The molecule has 0 radical (unpaired) electrons. The Morgan fingerprint density at radius 1 is 0.686 bits per heavy atom. The average Bonchev–Trinajstić information content (AvgIpc) is 3.42. The number of carbonyl (C=O) groups is 2. The number of para-hydroxylation sites is 2. The van der Waals surface area contributed by atoms with E-state index in [0.717, 1.165) is 56.4 Å². The van der Waals surface area contributed by atoms with Crippen molar-refractivity contribution >= 4 is 40.3 Å². The molecule has 2 heterocycles. The summed E-state index contributed by atoms with van der Waals surface area (Å²) in [5, 5.41) is 6.26. The number of amides is 2. The Hall–Kier alpha value is -5.49. The summed E-state index contributed by atoms with van der Waals surface area (Å²) in [4.78, 5) is 29.0. The number of benzene rings is 4. The monoisotopic (exact) mass is 677 g/mol. The molecule has 0 fully saturated rings. The molecule has 0 aliphatic carbocycles. The molecule has 0 unspecified atom stereocenters. The first-order valence-electron chi connectivity index (χ1n) is 17.7. The predicted octanol–water partition coefficient (Wildman–Crippen LogP) is 9.37. The molecule has 4 aromatic carbocycles. The number of rotatable bonds is 9. The van der Waals surface area contributed by atoms with Gasteiger partial charge in [-0.3, -0.25) is 9.59 Å². The molecule has 0 saturated heterocycles. The van der Waals surface area contributed by atoms with Crippen molar-refractivity contribution in [2.75, 3.05) is 28.6 Å². The minimum absolute atomic E-state index is 0.0645. The van der Waals surface area contributed by atoms with E-state index in [9.17, 15) is 9.59 Å². The number of anilines is 3. The summed E-state index contributed by atoms with van der Waals surface area (Å²) in [7, 11) is 0. The van der Waals surface area contributed by atoms with Crippen LogP contribution in [0.2, 0.25) is 0 Å². The van der Waals surface area contributed by atoms with Gasteiger partial charge in [0.2, 0.25) is 18.1 Å². The van der Waals surface area contributed by atoms with Gasteiger partial charge >= 0.3 is 0 Å². The Morgan fingerprint density at radius 3 is 1.92 bits per heavy atom. The number of nitrogens with zero attached hydrogens (tertiary/aromatic N) is 2. The van der Waals surface area contributed by atoms with Crippen LogP contribution >= 0.6 is 0 Å². The van der Waals surface area contributed by atoms with Gasteiger partial charge in [-0.2, -0.15) is 4.58 Å². The minimum atomic E-state index is -0.297. The number of hydrogen-bond donors (Lipinski definition) is 2. The van der Waals surface area contributed by atoms with E-state index >= 15 is 0 Å². The number of fused-ring (bicyclic) bond motifs is 2. The first kappa shape index (κ1) is 35.3. The highest BCUT2D eigenvalue weighted by Gasteiger charge is 2.45. The molecule has 6 rings (SSSR count). The van der Waals surface area contributed by atoms with E-state index in [0.29, 0.717) is 0 Å². The number of allylic oxidation sites excluding steroid dienone is 6. The average molecular weight is 678 g/mol. The van der Waals surface area contributed by atoms with E-state index in [2.05, 4.69) is 122 Å². The maximum Gasteiger partial charge on any atom is 0.290 e. The van der Waals surface area contributed by atoms with Crippen LogP contribution in [0.4, 0.5) is 22.7 Å². The number of hydrogen-bond acceptors (Lipinski definition) is 3. The van der Waals surface area contributed by atoms with Crippen LogP contribution in [-0.2, 0) is 20.4 Å². The van der Waals surface area contributed by atoms with Gasteiger partial charge in [0.05, 0.1) is 5.41 Å². The van der Waals surface area contributed by atoms with Crippen molar-refractivity contribution in [3.8, 4) is 0 Å². The summed E-state index contributed by atoms with van der Waals surface area (Å²) in [5.41, 5.74) is 12.1. The maximum absolute atomic E-state index is 13.4. The van der Waals surface area contributed by atoms with Gasteiger partial charge in [0, 0.05) is 45.9 Å². The van der Waals surface area contributed by atoms with Crippen molar-refractivity contribution in [2.24, 2.45) is 0 Å². The van der Waals surface area contributed by atoms with E-state index in [4.69, 9.17) is 0 Å². The van der Waals surface area contributed by atoms with E-state index in [1.807, 2.05) is 68.5 Å². The molecule has 2 amide bonds. The van der Waals surface area contributed by atoms with Crippen LogP contribution in [0.25, 0.3) is 0 Å². The molecule has 4 aromatic rings. The van der Waals surface area contributed by atoms with Gasteiger partial charge in [0.25, 0.3) is 5.91 Å². The van der Waals surface area contributed by atoms with Crippen molar-refractivity contribution in [3.63, 3.8) is 0 Å². The molecule has 6 heteroatoms. The van der Waals surface area contributed by atoms with Crippen LogP contribution in [0.15, 0.2) is 121 Å². The summed E-state index contributed by atoms with van der Waals surface area (Å²) >= 11 is 0. The van der Waals surface area contributed by atoms with Crippen LogP contribution in [0, 0.1) is 27.7 Å². The van der Waals surface area contributed by atoms with Crippen molar-refractivity contribution < 1.29 is 14.2 Å². The van der Waals surface area contributed by atoms with Gasteiger partial charge in [-0.25, -0.2) is 0 Å². The number of carbonyl (C=O) groups excluding carboxylic acids is 2. The predicted molar refractivity (Wildman–Crippen MR) is 212 cm³/mol. The molecular formula is C45H49N4O2+. The van der Waals surface area contributed by atoms with Crippen LogP contribution < -0.4 is 15.5 Å². The van der Waals surface area contributed by atoms with Gasteiger partial charge < -0.3 is 15.5 Å². The maximum atomic E-state index is 13.4. The lowest BCUT2D eigenvalue weighted by molar-refractivity contribution is -0.424. The molecule has 260 valence electrons. The Labute approximate surface area is 302 Å². The molecule has 0 saturated carbocycles. The molecule has 51 heavy (non-hydrogen) atoms. The number of aryl methyl sites for hydroxylation is 4. The van der Waals surface area contributed by atoms with Gasteiger partial charge in [-0.15, -0.1) is 0 Å². The van der Waals surface area contributed by atoms with Crippen molar-refractivity contribution in [1.82, 2.24) is 0 Å². The molecule has 2 N–H and O–H groups in total. The summed E-state index contributed by atoms with van der Waals surface area (Å²) in [6.07, 6.45) is 10.3. The SMILES string of the molecule is Cc1ccc(NC(=O)CN2/C(=C/C=C/C=C/C3=[N+](CC(=O)Nc4ccc(C)cc4C)c4ccccc4C3(C)C)C(C)(C)c3ccccc32)c(C)c1. The standard InChI is InChI=1S/C45H48N4O2/c1-30-22-24-36(32(3)26-30)46-42(50)28-48-38-18-14-12-16-34(38)44(5,6)40(48)20-10-9-11-21-41-45(7,8)35-17-13-15-19-39(35)49(41)29-43(51)47-37-25-23-31(2)27-33(37)4/h9-27H,28-29H2,1-8H3,(H-,46,47,50,51)/p+1. The molecule has 0 spiro atoms. The third-order valence-corrected chi connectivity index (χ3v) is 10.2. The molecule has 2 aliphatic heterocycles. The molecule has 0 bridgehead atoms. The van der Waals surface area contributed by atoms with E-state index < -0.39 is 0 Å². The lowest BCUT2D eigenvalue weighted by Crippen LogP contribution is -2.33. The van der Waals surface area contributed by atoms with Gasteiger partial charge in [-0.05, 0) is 82.5 Å². The molecule has 6 nitrogen and oxygen atoms in total. The summed E-state index contributed by atoms with van der Waals surface area (Å²) in [6, 6.07) is 28.8. The van der Waals surface area contributed by atoms with Crippen molar-refractivity contribution in [2.45, 2.75) is 66.2 Å². The Morgan fingerprint density at radius 2 is 1.27 bits per heavy atom. The number of nitrogens with one attached hydrogen (secondary N) is 2.